The van der Waals surface area contributed by atoms with Gasteiger partial charge in [0, 0.05) is 18.6 Å². The van der Waals surface area contributed by atoms with Crippen molar-refractivity contribution in [3.8, 4) is 0 Å². The van der Waals surface area contributed by atoms with Crippen molar-refractivity contribution in [2.75, 3.05) is 14.1 Å². The first-order valence-electron chi connectivity index (χ1n) is 4.60. The van der Waals surface area contributed by atoms with Crippen molar-refractivity contribution in [1.82, 2.24) is 13.3 Å². The lowest BCUT2D eigenvalue weighted by Gasteiger charge is -2.13. The molecule has 0 aliphatic heterocycles. The van der Waals surface area contributed by atoms with Crippen LogP contribution in [0.1, 0.15) is 0 Å². The number of halogens is 2. The number of nitrogens with zero attached hydrogens (tertiary/aromatic N) is 3. The monoisotopic (exact) mass is 337 g/mol. The second-order valence-corrected chi connectivity index (χ2v) is 6.81. The predicted octanol–water partition coefficient (Wildman–Crippen LogP) is 2.11. The molecule has 2 rings (SSSR count). The largest absolute Gasteiger partial charge is 0.309 e. The van der Waals surface area contributed by atoms with Gasteiger partial charge in [-0.2, -0.15) is 16.7 Å². The van der Waals surface area contributed by atoms with Crippen molar-refractivity contribution >= 4 is 48.8 Å². The molecule has 0 spiro atoms. The lowest BCUT2D eigenvalue weighted by Crippen LogP contribution is -2.28. The molecule has 1 aromatic carbocycles. The maximum Gasteiger partial charge on any atom is 0.309 e. The minimum absolute atomic E-state index is 0.0770. The highest BCUT2D eigenvalue weighted by Crippen LogP contribution is 2.25. The van der Waals surface area contributed by atoms with Gasteiger partial charge in [0.2, 0.25) is 5.28 Å². The SMILES string of the molecule is CN(C)S(=O)(=O)n1c(Cl)nc2ccc(Br)cc21. The average molecular weight is 339 g/mol. The molecule has 0 atom stereocenters. The van der Waals surface area contributed by atoms with Crippen LogP contribution in [-0.4, -0.2) is 35.8 Å². The van der Waals surface area contributed by atoms with Gasteiger partial charge in [0.05, 0.1) is 11.0 Å². The van der Waals surface area contributed by atoms with Gasteiger partial charge in [-0.15, -0.1) is 0 Å². The molecule has 0 unspecified atom stereocenters. The maximum atomic E-state index is 12.1. The van der Waals surface area contributed by atoms with E-state index in [2.05, 4.69) is 20.9 Å². The molecule has 0 saturated carbocycles. The first-order chi connectivity index (χ1) is 7.84. The summed E-state index contributed by atoms with van der Waals surface area (Å²) >= 11 is 9.17. The zero-order valence-corrected chi connectivity index (χ0v) is 12.2. The van der Waals surface area contributed by atoms with Gasteiger partial charge < -0.3 is 0 Å². The van der Waals surface area contributed by atoms with Gasteiger partial charge in [-0.05, 0) is 29.8 Å². The van der Waals surface area contributed by atoms with Crippen LogP contribution in [0, 0.1) is 0 Å². The summed E-state index contributed by atoms with van der Waals surface area (Å²) in [6.45, 7) is 0. The second-order valence-electron chi connectivity index (χ2n) is 3.57. The number of benzene rings is 1. The van der Waals surface area contributed by atoms with Gasteiger partial charge in [-0.25, -0.2) is 4.98 Å². The molecule has 0 bridgehead atoms. The van der Waals surface area contributed by atoms with E-state index in [0.717, 1.165) is 12.8 Å². The fraction of sp³-hybridized carbons (Fsp3) is 0.222. The van der Waals surface area contributed by atoms with Crippen molar-refractivity contribution in [2.24, 2.45) is 0 Å². The van der Waals surface area contributed by atoms with Crippen molar-refractivity contribution in [3.63, 3.8) is 0 Å². The van der Waals surface area contributed by atoms with Gasteiger partial charge in [-0.1, -0.05) is 15.9 Å². The molecule has 0 aliphatic rings. The summed E-state index contributed by atoms with van der Waals surface area (Å²) in [4.78, 5) is 4.00. The fourth-order valence-electron chi connectivity index (χ4n) is 1.38. The smallest absolute Gasteiger partial charge is 0.217 e. The maximum absolute atomic E-state index is 12.1. The molecule has 1 heterocycles. The molecule has 92 valence electrons. The summed E-state index contributed by atoms with van der Waals surface area (Å²) in [6, 6.07) is 5.14. The van der Waals surface area contributed by atoms with Crippen LogP contribution in [0.3, 0.4) is 0 Å². The molecule has 2 aromatic rings. The first-order valence-corrected chi connectivity index (χ1v) is 7.17. The van der Waals surface area contributed by atoms with Crippen LogP contribution in [0.25, 0.3) is 11.0 Å². The van der Waals surface area contributed by atoms with Crippen molar-refractivity contribution in [2.45, 2.75) is 0 Å². The van der Waals surface area contributed by atoms with E-state index >= 15 is 0 Å². The zero-order chi connectivity index (χ0) is 12.8. The summed E-state index contributed by atoms with van der Waals surface area (Å²) in [5, 5.41) is -0.0770. The zero-order valence-electron chi connectivity index (χ0n) is 9.05. The summed E-state index contributed by atoms with van der Waals surface area (Å²) in [5.74, 6) is 0. The molecule has 0 aliphatic carbocycles. The Bertz CT molecular complexity index is 681. The van der Waals surface area contributed by atoms with Crippen molar-refractivity contribution in [3.05, 3.63) is 28.0 Å². The molecule has 5 nitrogen and oxygen atoms in total. The molecule has 17 heavy (non-hydrogen) atoms. The average Bonchev–Trinajstić information content (AvgIpc) is 2.53. The highest BCUT2D eigenvalue weighted by atomic mass is 79.9. The third kappa shape index (κ3) is 2.08. The van der Waals surface area contributed by atoms with E-state index in [-0.39, 0.29) is 5.28 Å². The first kappa shape index (κ1) is 12.8. The molecular weight excluding hydrogens is 330 g/mol. The Balaban J connectivity index is 2.86. The van der Waals surface area contributed by atoms with E-state index in [4.69, 9.17) is 11.6 Å². The van der Waals surface area contributed by atoms with Crippen LogP contribution in [-0.2, 0) is 10.2 Å². The van der Waals surface area contributed by atoms with E-state index in [1.54, 1.807) is 18.2 Å². The van der Waals surface area contributed by atoms with Gasteiger partial charge >= 0.3 is 10.2 Å². The molecule has 0 saturated heterocycles. The molecule has 0 fully saturated rings. The Hall–Kier alpha value is -0.630. The Morgan fingerprint density at radius 1 is 1.41 bits per heavy atom. The predicted molar refractivity (Wildman–Crippen MR) is 70.4 cm³/mol. The van der Waals surface area contributed by atoms with E-state index in [1.807, 2.05) is 0 Å². The number of hydrogen-bond acceptors (Lipinski definition) is 3. The Labute approximate surface area is 112 Å². The van der Waals surface area contributed by atoms with Crippen LogP contribution in [0.15, 0.2) is 22.7 Å². The van der Waals surface area contributed by atoms with Crippen LogP contribution in [0.2, 0.25) is 5.28 Å². The van der Waals surface area contributed by atoms with Gasteiger partial charge in [0.15, 0.2) is 0 Å². The van der Waals surface area contributed by atoms with Crippen LogP contribution in [0.5, 0.6) is 0 Å². The molecule has 0 radical (unpaired) electrons. The van der Waals surface area contributed by atoms with Gasteiger partial charge in [-0.3, -0.25) is 0 Å². The Morgan fingerprint density at radius 2 is 2.06 bits per heavy atom. The molecule has 0 amide bonds. The highest BCUT2D eigenvalue weighted by molar-refractivity contribution is 9.10. The van der Waals surface area contributed by atoms with Crippen molar-refractivity contribution in [1.29, 1.82) is 0 Å². The topological polar surface area (TPSA) is 55.2 Å². The minimum Gasteiger partial charge on any atom is -0.217 e. The van der Waals surface area contributed by atoms with Gasteiger partial charge in [0.25, 0.3) is 0 Å². The molecular formula is C9H9BrClN3O2S. The minimum atomic E-state index is -3.67. The summed E-state index contributed by atoms with van der Waals surface area (Å²) in [7, 11) is -0.793. The summed E-state index contributed by atoms with van der Waals surface area (Å²) < 4.78 is 27.0. The molecule has 0 N–H and O–H groups in total. The number of aromatic nitrogens is 2. The van der Waals surface area contributed by atoms with Crippen LogP contribution >= 0.6 is 27.5 Å². The highest BCUT2D eigenvalue weighted by Gasteiger charge is 2.23. The van der Waals surface area contributed by atoms with Gasteiger partial charge in [0.1, 0.15) is 0 Å². The third-order valence-corrected chi connectivity index (χ3v) is 4.83. The van der Waals surface area contributed by atoms with Crippen LogP contribution in [0.4, 0.5) is 0 Å². The van der Waals surface area contributed by atoms with E-state index in [9.17, 15) is 8.42 Å². The lowest BCUT2D eigenvalue weighted by molar-refractivity contribution is 0.512. The normalized spacial score (nSPS) is 12.5. The quantitative estimate of drug-likeness (QED) is 0.842. The summed E-state index contributed by atoms with van der Waals surface area (Å²) in [5.41, 5.74) is 0.974. The number of fused-ring (bicyclic) bond motifs is 1. The van der Waals surface area contributed by atoms with E-state index < -0.39 is 10.2 Å². The Morgan fingerprint density at radius 3 is 2.65 bits per heavy atom. The van der Waals surface area contributed by atoms with Crippen LogP contribution < -0.4 is 0 Å². The number of rotatable bonds is 2. The standard InChI is InChI=1S/C9H9BrClN3O2S/c1-13(2)17(15,16)14-8-5-6(10)3-4-7(8)12-9(14)11/h3-5H,1-2H3. The van der Waals surface area contributed by atoms with E-state index in [1.165, 1.54) is 14.1 Å². The van der Waals surface area contributed by atoms with E-state index in [0.29, 0.717) is 11.0 Å². The third-order valence-electron chi connectivity index (χ3n) is 2.23. The molecule has 8 heteroatoms. The number of hydrogen-bond donors (Lipinski definition) is 0. The van der Waals surface area contributed by atoms with Crippen molar-refractivity contribution < 1.29 is 8.42 Å². The second kappa shape index (κ2) is 4.24. The molecule has 1 aromatic heterocycles. The summed E-state index contributed by atoms with van der Waals surface area (Å²) in [6.07, 6.45) is 0. The Kier molecular flexibility index (Phi) is 3.19. The lowest BCUT2D eigenvalue weighted by atomic mass is 10.3. The fourth-order valence-corrected chi connectivity index (χ4v) is 3.13. The number of imidazole rings is 1.